The van der Waals surface area contributed by atoms with E-state index in [4.69, 9.17) is 9.47 Å². The van der Waals surface area contributed by atoms with Crippen LogP contribution in [0.4, 0.5) is 0 Å². The molecule has 0 fully saturated rings. The van der Waals surface area contributed by atoms with Gasteiger partial charge in [-0.05, 0) is 24.3 Å². The van der Waals surface area contributed by atoms with Crippen molar-refractivity contribution in [2.45, 2.75) is 5.16 Å². The van der Waals surface area contributed by atoms with Crippen molar-refractivity contribution in [3.8, 4) is 17.1 Å². The Morgan fingerprint density at radius 2 is 1.92 bits per heavy atom. The van der Waals surface area contributed by atoms with Crippen LogP contribution in [0.5, 0.6) is 5.75 Å². The molecule has 6 nitrogen and oxygen atoms in total. The number of carbonyl (C=O) groups excluding carboxylic acids is 1. The van der Waals surface area contributed by atoms with E-state index in [1.807, 2.05) is 54.1 Å². The number of nitrogens with zero attached hydrogens (tertiary/aromatic N) is 3. The summed E-state index contributed by atoms with van der Waals surface area (Å²) in [6.45, 7) is 0.305. The van der Waals surface area contributed by atoms with Gasteiger partial charge in [-0.25, -0.2) is 4.79 Å². The Labute approximate surface area is 156 Å². The molecule has 0 bridgehead atoms. The van der Waals surface area contributed by atoms with Crippen molar-refractivity contribution in [2.24, 2.45) is 7.05 Å². The molecule has 1 aromatic heterocycles. The Hall–Kier alpha value is -2.80. The molecular formula is C19H19N3O3S. The Kier molecular flexibility index (Phi) is 5.91. The number of hydrogen-bond donors (Lipinski definition) is 0. The monoisotopic (exact) mass is 369 g/mol. The highest BCUT2D eigenvalue weighted by Crippen LogP contribution is 2.25. The molecule has 0 aliphatic heterocycles. The van der Waals surface area contributed by atoms with Crippen LogP contribution in [0.2, 0.25) is 0 Å². The van der Waals surface area contributed by atoms with E-state index in [9.17, 15) is 4.79 Å². The van der Waals surface area contributed by atoms with E-state index in [0.717, 1.165) is 22.3 Å². The van der Waals surface area contributed by atoms with Gasteiger partial charge in [0, 0.05) is 18.4 Å². The molecular weight excluding hydrogens is 350 g/mol. The molecule has 3 aromatic rings. The summed E-state index contributed by atoms with van der Waals surface area (Å²) in [5.41, 5.74) is 1.48. The molecule has 134 valence electrons. The summed E-state index contributed by atoms with van der Waals surface area (Å²) in [6.07, 6.45) is 0. The van der Waals surface area contributed by atoms with Gasteiger partial charge in [0.15, 0.2) is 11.0 Å². The van der Waals surface area contributed by atoms with E-state index in [0.29, 0.717) is 17.9 Å². The van der Waals surface area contributed by atoms with Gasteiger partial charge >= 0.3 is 5.97 Å². The molecule has 0 radical (unpaired) electrons. The molecule has 3 rings (SSSR count). The second kappa shape index (κ2) is 8.53. The first-order chi connectivity index (χ1) is 12.7. The van der Waals surface area contributed by atoms with E-state index in [1.54, 1.807) is 19.2 Å². The van der Waals surface area contributed by atoms with Crippen molar-refractivity contribution >= 4 is 17.7 Å². The molecule has 0 saturated heterocycles. The van der Waals surface area contributed by atoms with Gasteiger partial charge in [-0.1, -0.05) is 42.1 Å². The van der Waals surface area contributed by atoms with Crippen molar-refractivity contribution < 1.29 is 14.3 Å². The van der Waals surface area contributed by atoms with E-state index in [2.05, 4.69) is 10.2 Å². The van der Waals surface area contributed by atoms with Crippen LogP contribution < -0.4 is 4.74 Å². The molecule has 0 atom stereocenters. The van der Waals surface area contributed by atoms with Gasteiger partial charge in [0.1, 0.15) is 12.4 Å². The standard InChI is InChI=1S/C19H19N3O3S/c1-22-17(15-9-6-10-16(13-15)24-2)20-21-19(22)26-12-11-25-18(23)14-7-4-3-5-8-14/h3-10,13H,11-12H2,1-2H3. The first kappa shape index (κ1) is 18.0. The number of carbonyl (C=O) groups is 1. The van der Waals surface area contributed by atoms with Crippen molar-refractivity contribution in [3.63, 3.8) is 0 Å². The lowest BCUT2D eigenvalue weighted by Crippen LogP contribution is -2.08. The minimum atomic E-state index is -0.318. The second-order valence-corrected chi connectivity index (χ2v) is 6.51. The molecule has 0 saturated carbocycles. The molecule has 26 heavy (non-hydrogen) atoms. The summed E-state index contributed by atoms with van der Waals surface area (Å²) in [4.78, 5) is 11.9. The highest BCUT2D eigenvalue weighted by Gasteiger charge is 2.12. The van der Waals surface area contributed by atoms with Crippen molar-refractivity contribution in [3.05, 3.63) is 60.2 Å². The molecule has 7 heteroatoms. The Morgan fingerprint density at radius 1 is 1.12 bits per heavy atom. The smallest absolute Gasteiger partial charge is 0.338 e. The second-order valence-electron chi connectivity index (χ2n) is 5.45. The number of thioether (sulfide) groups is 1. The predicted molar refractivity (Wildman–Crippen MR) is 100 cm³/mol. The molecule has 2 aromatic carbocycles. The van der Waals surface area contributed by atoms with Crippen LogP contribution in [0.3, 0.4) is 0 Å². The van der Waals surface area contributed by atoms with E-state index >= 15 is 0 Å². The maximum Gasteiger partial charge on any atom is 0.338 e. The first-order valence-electron chi connectivity index (χ1n) is 8.08. The summed E-state index contributed by atoms with van der Waals surface area (Å²) in [5, 5.41) is 9.23. The molecule has 0 aliphatic rings. The van der Waals surface area contributed by atoms with Crippen molar-refractivity contribution in [1.82, 2.24) is 14.8 Å². The lowest BCUT2D eigenvalue weighted by Gasteiger charge is -2.06. The number of benzene rings is 2. The highest BCUT2D eigenvalue weighted by molar-refractivity contribution is 7.99. The largest absolute Gasteiger partial charge is 0.497 e. The molecule has 0 N–H and O–H groups in total. The van der Waals surface area contributed by atoms with Crippen LogP contribution in [0, 0.1) is 0 Å². The summed E-state index contributed by atoms with van der Waals surface area (Å²) < 4.78 is 12.4. The van der Waals surface area contributed by atoms with Crippen LogP contribution in [-0.2, 0) is 11.8 Å². The molecule has 0 unspecified atom stereocenters. The van der Waals surface area contributed by atoms with Crippen LogP contribution in [0.1, 0.15) is 10.4 Å². The van der Waals surface area contributed by atoms with Gasteiger partial charge in [-0.15, -0.1) is 10.2 Å². The fourth-order valence-corrected chi connectivity index (χ4v) is 3.11. The Morgan fingerprint density at radius 3 is 2.69 bits per heavy atom. The van der Waals surface area contributed by atoms with Gasteiger partial charge in [-0.2, -0.15) is 0 Å². The summed E-state index contributed by atoms with van der Waals surface area (Å²) in [6, 6.07) is 16.6. The maximum absolute atomic E-state index is 11.9. The van der Waals surface area contributed by atoms with Crippen LogP contribution >= 0.6 is 11.8 Å². The minimum Gasteiger partial charge on any atom is -0.497 e. The summed E-state index contributed by atoms with van der Waals surface area (Å²) >= 11 is 1.49. The van der Waals surface area contributed by atoms with E-state index in [-0.39, 0.29) is 5.97 Å². The van der Waals surface area contributed by atoms with Crippen LogP contribution in [0.15, 0.2) is 59.8 Å². The van der Waals surface area contributed by atoms with Crippen LogP contribution in [0.25, 0.3) is 11.4 Å². The highest BCUT2D eigenvalue weighted by atomic mass is 32.2. The predicted octanol–water partition coefficient (Wildman–Crippen LogP) is 3.44. The third-order valence-electron chi connectivity index (χ3n) is 3.72. The zero-order valence-electron chi connectivity index (χ0n) is 14.6. The zero-order valence-corrected chi connectivity index (χ0v) is 15.4. The lowest BCUT2D eigenvalue weighted by molar-refractivity contribution is 0.0530. The summed E-state index contributed by atoms with van der Waals surface area (Å²) in [5.74, 6) is 1.81. The molecule has 1 heterocycles. The zero-order chi connectivity index (χ0) is 18.4. The Bertz CT molecular complexity index is 881. The number of ether oxygens (including phenoxy) is 2. The number of methoxy groups -OCH3 is 1. The number of hydrogen-bond acceptors (Lipinski definition) is 6. The van der Waals surface area contributed by atoms with Gasteiger partial charge in [0.2, 0.25) is 0 Å². The first-order valence-corrected chi connectivity index (χ1v) is 9.06. The average Bonchev–Trinajstić information content (AvgIpc) is 3.06. The fraction of sp³-hybridized carbons (Fsp3) is 0.211. The normalized spacial score (nSPS) is 10.5. The average molecular weight is 369 g/mol. The van der Waals surface area contributed by atoms with Gasteiger partial charge < -0.3 is 14.0 Å². The van der Waals surface area contributed by atoms with E-state index < -0.39 is 0 Å². The molecule has 0 aliphatic carbocycles. The van der Waals surface area contributed by atoms with Crippen molar-refractivity contribution in [2.75, 3.05) is 19.5 Å². The topological polar surface area (TPSA) is 66.2 Å². The SMILES string of the molecule is COc1cccc(-c2nnc(SCCOC(=O)c3ccccc3)n2C)c1. The quantitative estimate of drug-likeness (QED) is 0.361. The molecule has 0 spiro atoms. The third kappa shape index (κ3) is 4.23. The summed E-state index contributed by atoms with van der Waals surface area (Å²) in [7, 11) is 3.54. The Balaban J connectivity index is 1.56. The van der Waals surface area contributed by atoms with E-state index in [1.165, 1.54) is 11.8 Å². The third-order valence-corrected chi connectivity index (χ3v) is 4.70. The number of aromatic nitrogens is 3. The molecule has 0 amide bonds. The number of rotatable bonds is 7. The van der Waals surface area contributed by atoms with Gasteiger partial charge in [0.05, 0.1) is 12.7 Å². The van der Waals surface area contributed by atoms with Gasteiger partial charge in [-0.3, -0.25) is 0 Å². The van der Waals surface area contributed by atoms with Gasteiger partial charge in [0.25, 0.3) is 0 Å². The van der Waals surface area contributed by atoms with Crippen LogP contribution in [-0.4, -0.2) is 40.2 Å². The maximum atomic E-state index is 11.9. The fourth-order valence-electron chi connectivity index (χ4n) is 2.38. The minimum absolute atomic E-state index is 0.305. The number of esters is 1. The lowest BCUT2D eigenvalue weighted by atomic mass is 10.2. The van der Waals surface area contributed by atoms with Crippen molar-refractivity contribution in [1.29, 1.82) is 0 Å².